The van der Waals surface area contributed by atoms with Crippen LogP contribution >= 0.6 is 0 Å². The van der Waals surface area contributed by atoms with Gasteiger partial charge in [0.15, 0.2) is 0 Å². The number of carbonyl (C=O) groups is 1. The quantitative estimate of drug-likeness (QED) is 0.564. The van der Waals surface area contributed by atoms with Crippen molar-refractivity contribution in [3.8, 4) is 11.5 Å². The number of rotatable bonds is 7. The molecular formula is C27H30N2O3. The van der Waals surface area contributed by atoms with Crippen molar-refractivity contribution in [3.05, 3.63) is 95.6 Å². The maximum atomic E-state index is 13.0. The molecule has 0 spiro atoms. The molecule has 1 aliphatic rings. The Morgan fingerprint density at radius 3 is 1.94 bits per heavy atom. The molecule has 1 fully saturated rings. The van der Waals surface area contributed by atoms with Gasteiger partial charge < -0.3 is 14.4 Å². The van der Waals surface area contributed by atoms with Crippen LogP contribution in [0.25, 0.3) is 0 Å². The first-order chi connectivity index (χ1) is 15.7. The van der Waals surface area contributed by atoms with Crippen LogP contribution in [-0.2, 0) is 11.2 Å². The van der Waals surface area contributed by atoms with Gasteiger partial charge in [-0.2, -0.15) is 0 Å². The molecule has 4 rings (SSSR count). The SMILES string of the molecule is COc1ccc(CC(=O)N2CCN(C(c3ccccc3)c3ccccc3)CC2)c(OC)c1. The summed E-state index contributed by atoms with van der Waals surface area (Å²) in [6.45, 7) is 3.10. The Morgan fingerprint density at radius 2 is 1.41 bits per heavy atom. The molecule has 0 radical (unpaired) electrons. The molecule has 1 aliphatic heterocycles. The Balaban J connectivity index is 1.44. The summed E-state index contributed by atoms with van der Waals surface area (Å²) in [4.78, 5) is 17.5. The van der Waals surface area contributed by atoms with Crippen LogP contribution in [-0.4, -0.2) is 56.1 Å². The summed E-state index contributed by atoms with van der Waals surface area (Å²) >= 11 is 0. The van der Waals surface area contributed by atoms with Gasteiger partial charge in [0.1, 0.15) is 11.5 Å². The van der Waals surface area contributed by atoms with E-state index in [1.165, 1.54) is 11.1 Å². The number of piperazine rings is 1. The monoisotopic (exact) mass is 430 g/mol. The number of hydrogen-bond donors (Lipinski definition) is 0. The molecule has 5 nitrogen and oxygen atoms in total. The van der Waals surface area contributed by atoms with Gasteiger partial charge in [-0.3, -0.25) is 9.69 Å². The minimum Gasteiger partial charge on any atom is -0.497 e. The van der Waals surface area contributed by atoms with E-state index in [0.29, 0.717) is 25.3 Å². The molecule has 0 N–H and O–H groups in total. The fourth-order valence-corrected chi connectivity index (χ4v) is 4.39. The summed E-state index contributed by atoms with van der Waals surface area (Å²) in [6.07, 6.45) is 0.327. The molecule has 0 saturated carbocycles. The first-order valence-corrected chi connectivity index (χ1v) is 11.0. The summed E-state index contributed by atoms with van der Waals surface area (Å²) in [5.41, 5.74) is 3.44. The van der Waals surface area contributed by atoms with E-state index in [2.05, 4.69) is 65.6 Å². The number of hydrogen-bond acceptors (Lipinski definition) is 4. The van der Waals surface area contributed by atoms with E-state index in [1.54, 1.807) is 14.2 Å². The molecule has 32 heavy (non-hydrogen) atoms. The van der Waals surface area contributed by atoms with Crippen LogP contribution in [0.5, 0.6) is 11.5 Å². The first kappa shape index (κ1) is 21.9. The standard InChI is InChI=1S/C27H30N2O3/c1-31-24-14-13-23(25(20-24)32-2)19-26(30)28-15-17-29(18-16-28)27(21-9-5-3-6-10-21)22-11-7-4-8-12-22/h3-14,20,27H,15-19H2,1-2H3. The number of methoxy groups -OCH3 is 2. The number of carbonyl (C=O) groups excluding carboxylic acids is 1. The molecule has 0 atom stereocenters. The summed E-state index contributed by atoms with van der Waals surface area (Å²) in [5, 5.41) is 0. The largest absolute Gasteiger partial charge is 0.497 e. The van der Waals surface area contributed by atoms with Crippen LogP contribution in [0.15, 0.2) is 78.9 Å². The van der Waals surface area contributed by atoms with Crippen LogP contribution in [0.1, 0.15) is 22.7 Å². The second-order valence-corrected chi connectivity index (χ2v) is 8.00. The first-order valence-electron chi connectivity index (χ1n) is 11.0. The van der Waals surface area contributed by atoms with Gasteiger partial charge in [-0.25, -0.2) is 0 Å². The van der Waals surface area contributed by atoms with Gasteiger partial charge in [0, 0.05) is 37.8 Å². The average molecular weight is 431 g/mol. The molecule has 3 aromatic carbocycles. The van der Waals surface area contributed by atoms with Gasteiger partial charge in [-0.05, 0) is 17.2 Å². The van der Waals surface area contributed by atoms with Crippen LogP contribution in [0.2, 0.25) is 0 Å². The van der Waals surface area contributed by atoms with Crippen molar-refractivity contribution in [3.63, 3.8) is 0 Å². The normalized spacial score (nSPS) is 14.4. The maximum absolute atomic E-state index is 13.0. The minimum absolute atomic E-state index is 0.129. The minimum atomic E-state index is 0.129. The van der Waals surface area contributed by atoms with Crippen molar-refractivity contribution in [2.75, 3.05) is 40.4 Å². The van der Waals surface area contributed by atoms with Gasteiger partial charge >= 0.3 is 0 Å². The topological polar surface area (TPSA) is 42.0 Å². The van der Waals surface area contributed by atoms with Crippen molar-refractivity contribution in [2.24, 2.45) is 0 Å². The maximum Gasteiger partial charge on any atom is 0.227 e. The van der Waals surface area contributed by atoms with Crippen LogP contribution in [0, 0.1) is 0 Å². The van der Waals surface area contributed by atoms with E-state index < -0.39 is 0 Å². The predicted molar refractivity (Wildman–Crippen MR) is 126 cm³/mol. The zero-order chi connectivity index (χ0) is 22.3. The Morgan fingerprint density at radius 1 is 0.812 bits per heavy atom. The summed E-state index contributed by atoms with van der Waals surface area (Å²) in [6, 6.07) is 27.0. The third kappa shape index (κ3) is 4.94. The van der Waals surface area contributed by atoms with Crippen molar-refractivity contribution in [2.45, 2.75) is 12.5 Å². The molecule has 5 heteroatoms. The number of ether oxygens (including phenoxy) is 2. The number of nitrogens with zero attached hydrogens (tertiary/aromatic N) is 2. The van der Waals surface area contributed by atoms with Crippen molar-refractivity contribution >= 4 is 5.91 Å². The Kier molecular flexibility index (Phi) is 7.07. The fourth-order valence-electron chi connectivity index (χ4n) is 4.39. The van der Waals surface area contributed by atoms with E-state index in [1.807, 2.05) is 23.1 Å². The van der Waals surface area contributed by atoms with Crippen LogP contribution < -0.4 is 9.47 Å². The van der Waals surface area contributed by atoms with Gasteiger partial charge in [-0.1, -0.05) is 66.7 Å². The lowest BCUT2D eigenvalue weighted by atomic mass is 9.96. The second-order valence-electron chi connectivity index (χ2n) is 8.00. The molecule has 1 heterocycles. The average Bonchev–Trinajstić information content (AvgIpc) is 2.86. The molecule has 0 aliphatic carbocycles. The van der Waals surface area contributed by atoms with Gasteiger partial charge in [0.25, 0.3) is 0 Å². The molecule has 0 aromatic heterocycles. The van der Waals surface area contributed by atoms with Gasteiger partial charge in [-0.15, -0.1) is 0 Å². The smallest absolute Gasteiger partial charge is 0.227 e. The lowest BCUT2D eigenvalue weighted by Gasteiger charge is -2.40. The highest BCUT2D eigenvalue weighted by molar-refractivity contribution is 5.79. The molecule has 0 unspecified atom stereocenters. The molecule has 166 valence electrons. The number of amides is 1. The lowest BCUT2D eigenvalue weighted by molar-refractivity contribution is -0.132. The highest BCUT2D eigenvalue weighted by Crippen LogP contribution is 2.30. The third-order valence-corrected chi connectivity index (χ3v) is 6.10. The summed E-state index contributed by atoms with van der Waals surface area (Å²) in [7, 11) is 3.24. The zero-order valence-electron chi connectivity index (χ0n) is 18.7. The second kappa shape index (κ2) is 10.3. The Labute approximate surface area is 190 Å². The van der Waals surface area contributed by atoms with Crippen molar-refractivity contribution in [1.82, 2.24) is 9.80 Å². The lowest BCUT2D eigenvalue weighted by Crippen LogP contribution is -2.50. The molecule has 1 amide bonds. The van der Waals surface area contributed by atoms with E-state index >= 15 is 0 Å². The number of benzene rings is 3. The summed E-state index contributed by atoms with van der Waals surface area (Å²) < 4.78 is 10.7. The van der Waals surface area contributed by atoms with E-state index in [9.17, 15) is 4.79 Å². The zero-order valence-corrected chi connectivity index (χ0v) is 18.7. The van der Waals surface area contributed by atoms with Gasteiger partial charge in [0.2, 0.25) is 5.91 Å². The molecular weight excluding hydrogens is 400 g/mol. The van der Waals surface area contributed by atoms with Crippen LogP contribution in [0.4, 0.5) is 0 Å². The molecule has 0 bridgehead atoms. The fraction of sp³-hybridized carbons (Fsp3) is 0.296. The van der Waals surface area contributed by atoms with Gasteiger partial charge in [0.05, 0.1) is 26.7 Å². The Hall–Kier alpha value is -3.31. The van der Waals surface area contributed by atoms with E-state index in [4.69, 9.17) is 9.47 Å². The molecule has 3 aromatic rings. The van der Waals surface area contributed by atoms with E-state index in [-0.39, 0.29) is 11.9 Å². The third-order valence-electron chi connectivity index (χ3n) is 6.10. The highest BCUT2D eigenvalue weighted by atomic mass is 16.5. The predicted octanol–water partition coefficient (Wildman–Crippen LogP) is 4.18. The Bertz CT molecular complexity index is 976. The van der Waals surface area contributed by atoms with Crippen molar-refractivity contribution in [1.29, 1.82) is 0 Å². The van der Waals surface area contributed by atoms with E-state index in [0.717, 1.165) is 24.4 Å². The molecule has 1 saturated heterocycles. The highest BCUT2D eigenvalue weighted by Gasteiger charge is 2.28. The summed E-state index contributed by atoms with van der Waals surface area (Å²) in [5.74, 6) is 1.54. The van der Waals surface area contributed by atoms with Crippen molar-refractivity contribution < 1.29 is 14.3 Å². The van der Waals surface area contributed by atoms with Crippen LogP contribution in [0.3, 0.4) is 0 Å².